The van der Waals surface area contributed by atoms with Gasteiger partial charge in [-0.15, -0.1) is 0 Å². The van der Waals surface area contributed by atoms with Gasteiger partial charge in [0.1, 0.15) is 0 Å². The number of anilines is 1. The minimum atomic E-state index is -3.56. The molecule has 1 aromatic rings. The van der Waals surface area contributed by atoms with Crippen LogP contribution in [0.2, 0.25) is 0 Å². The Bertz CT molecular complexity index is 863. The zero-order valence-corrected chi connectivity index (χ0v) is 17.8. The average Bonchev–Trinajstić information content (AvgIpc) is 3.03. The summed E-state index contributed by atoms with van der Waals surface area (Å²) in [4.78, 5) is 13.0. The zero-order chi connectivity index (χ0) is 20.0. The molecule has 1 aliphatic rings. The van der Waals surface area contributed by atoms with E-state index in [0.717, 1.165) is 11.1 Å². The van der Waals surface area contributed by atoms with Gasteiger partial charge in [0.05, 0.1) is 10.8 Å². The second kappa shape index (κ2) is 6.82. The summed E-state index contributed by atoms with van der Waals surface area (Å²) in [5, 5.41) is 2.97. The van der Waals surface area contributed by atoms with Crippen LogP contribution in [0, 0.1) is 31.1 Å². The first-order chi connectivity index (χ1) is 11.8. The summed E-state index contributed by atoms with van der Waals surface area (Å²) in [6, 6.07) is 3.20. The maximum atomic E-state index is 12.8. The largest absolute Gasteiger partial charge is 0.326 e. The molecule has 1 amide bonds. The second-order valence-corrected chi connectivity index (χ2v) is 10.4. The predicted molar refractivity (Wildman–Crippen MR) is 106 cm³/mol. The van der Waals surface area contributed by atoms with Gasteiger partial charge >= 0.3 is 0 Å². The first kappa shape index (κ1) is 20.6. The number of allylic oxidation sites excluding steroid dienone is 2. The molecule has 0 radical (unpaired) electrons. The van der Waals surface area contributed by atoms with Gasteiger partial charge in [-0.25, -0.2) is 12.7 Å². The van der Waals surface area contributed by atoms with E-state index in [0.29, 0.717) is 5.69 Å². The molecule has 1 saturated carbocycles. The SMILES string of the molecule is CC(C)=CC1C(C(=O)Nc2cc(S(=O)(=O)N(C)C)cc(C)c2C)C1(C)C. The minimum Gasteiger partial charge on any atom is -0.326 e. The van der Waals surface area contributed by atoms with Crippen molar-refractivity contribution in [3.05, 3.63) is 34.9 Å². The highest BCUT2D eigenvalue weighted by molar-refractivity contribution is 7.89. The van der Waals surface area contributed by atoms with Gasteiger partial charge in [0.25, 0.3) is 0 Å². The molecule has 6 heteroatoms. The second-order valence-electron chi connectivity index (χ2n) is 8.26. The molecule has 0 heterocycles. The van der Waals surface area contributed by atoms with Crippen molar-refractivity contribution in [3.63, 3.8) is 0 Å². The average molecular weight is 379 g/mol. The van der Waals surface area contributed by atoms with Gasteiger partial charge in [-0.1, -0.05) is 25.5 Å². The Morgan fingerprint density at radius 1 is 1.19 bits per heavy atom. The number of aryl methyl sites for hydroxylation is 1. The van der Waals surface area contributed by atoms with E-state index in [4.69, 9.17) is 0 Å². The van der Waals surface area contributed by atoms with E-state index in [1.165, 1.54) is 24.0 Å². The lowest BCUT2D eigenvalue weighted by molar-refractivity contribution is -0.118. The molecule has 26 heavy (non-hydrogen) atoms. The van der Waals surface area contributed by atoms with E-state index < -0.39 is 10.0 Å². The molecule has 5 nitrogen and oxygen atoms in total. The van der Waals surface area contributed by atoms with Crippen molar-refractivity contribution in [1.82, 2.24) is 4.31 Å². The Balaban J connectivity index is 2.35. The molecule has 1 aliphatic carbocycles. The number of benzene rings is 1. The maximum absolute atomic E-state index is 12.8. The Hall–Kier alpha value is -1.66. The molecule has 2 rings (SSSR count). The molecule has 1 aromatic carbocycles. The summed E-state index contributed by atoms with van der Waals surface area (Å²) in [7, 11) is -0.557. The number of hydrogen-bond donors (Lipinski definition) is 1. The van der Waals surface area contributed by atoms with Gasteiger partial charge in [0.2, 0.25) is 15.9 Å². The summed E-state index contributed by atoms with van der Waals surface area (Å²) in [5.41, 5.74) is 3.39. The van der Waals surface area contributed by atoms with Crippen molar-refractivity contribution in [2.45, 2.75) is 46.4 Å². The van der Waals surface area contributed by atoms with Gasteiger partial charge in [-0.3, -0.25) is 4.79 Å². The normalized spacial score (nSPS) is 21.4. The molecule has 0 aliphatic heterocycles. The molecule has 0 aromatic heterocycles. The first-order valence-electron chi connectivity index (χ1n) is 8.79. The molecule has 144 valence electrons. The number of rotatable bonds is 5. The first-order valence-corrected chi connectivity index (χ1v) is 10.2. The van der Waals surface area contributed by atoms with Gasteiger partial charge < -0.3 is 5.32 Å². The van der Waals surface area contributed by atoms with E-state index in [-0.39, 0.29) is 28.1 Å². The summed E-state index contributed by atoms with van der Waals surface area (Å²) in [6.07, 6.45) is 2.15. The number of sulfonamides is 1. The zero-order valence-electron chi connectivity index (χ0n) is 17.0. The summed E-state index contributed by atoms with van der Waals surface area (Å²) in [5.74, 6) is 0.0493. The van der Waals surface area contributed by atoms with Crippen LogP contribution in [0.25, 0.3) is 0 Å². The van der Waals surface area contributed by atoms with Crippen molar-refractivity contribution < 1.29 is 13.2 Å². The van der Waals surface area contributed by atoms with E-state index >= 15 is 0 Å². The van der Waals surface area contributed by atoms with Crippen LogP contribution in [-0.4, -0.2) is 32.7 Å². The summed E-state index contributed by atoms with van der Waals surface area (Å²) < 4.78 is 26.1. The number of nitrogens with zero attached hydrogens (tertiary/aromatic N) is 1. The van der Waals surface area contributed by atoms with E-state index in [9.17, 15) is 13.2 Å². The molecule has 2 atom stereocenters. The lowest BCUT2D eigenvalue weighted by Gasteiger charge is -2.16. The van der Waals surface area contributed by atoms with Crippen LogP contribution in [-0.2, 0) is 14.8 Å². The predicted octanol–water partition coefficient (Wildman–Crippen LogP) is 3.73. The summed E-state index contributed by atoms with van der Waals surface area (Å²) in [6.45, 7) is 12.0. The maximum Gasteiger partial charge on any atom is 0.242 e. The molecule has 0 spiro atoms. The molecule has 2 unspecified atom stereocenters. The van der Waals surface area contributed by atoms with Crippen LogP contribution in [0.15, 0.2) is 28.7 Å². The molecule has 1 fully saturated rings. The van der Waals surface area contributed by atoms with Crippen LogP contribution in [0.5, 0.6) is 0 Å². The van der Waals surface area contributed by atoms with Crippen molar-refractivity contribution in [3.8, 4) is 0 Å². The van der Waals surface area contributed by atoms with E-state index in [1.807, 2.05) is 27.7 Å². The van der Waals surface area contributed by atoms with Crippen LogP contribution in [0.4, 0.5) is 5.69 Å². The van der Waals surface area contributed by atoms with Crippen LogP contribution in [0.1, 0.15) is 38.8 Å². The number of amides is 1. The van der Waals surface area contributed by atoms with E-state index in [1.54, 1.807) is 12.1 Å². The van der Waals surface area contributed by atoms with Crippen LogP contribution in [0.3, 0.4) is 0 Å². The van der Waals surface area contributed by atoms with Crippen molar-refractivity contribution in [2.24, 2.45) is 17.3 Å². The van der Waals surface area contributed by atoms with Gasteiger partial charge in [-0.2, -0.15) is 0 Å². The molecule has 0 saturated heterocycles. The van der Waals surface area contributed by atoms with Crippen molar-refractivity contribution >= 4 is 21.6 Å². The van der Waals surface area contributed by atoms with E-state index in [2.05, 4.69) is 25.2 Å². The Morgan fingerprint density at radius 2 is 1.77 bits per heavy atom. The molecular weight excluding hydrogens is 348 g/mol. The minimum absolute atomic E-state index is 0.0561. The number of carbonyl (C=O) groups excluding carboxylic acids is 1. The number of nitrogens with one attached hydrogen (secondary N) is 1. The molecular formula is C20H30N2O3S. The standard InChI is InChI=1S/C20H30N2O3S/c1-12(2)9-16-18(20(16,5)6)19(23)21-17-11-15(10-13(3)14(17)4)26(24,25)22(7)8/h9-11,16,18H,1-8H3,(H,21,23). The Labute approximate surface area is 157 Å². The van der Waals surface area contributed by atoms with Crippen LogP contribution >= 0.6 is 0 Å². The highest BCUT2D eigenvalue weighted by Crippen LogP contribution is 2.59. The Kier molecular flexibility index (Phi) is 5.41. The monoisotopic (exact) mass is 378 g/mol. The fraction of sp³-hybridized carbons (Fsp3) is 0.550. The highest BCUT2D eigenvalue weighted by atomic mass is 32.2. The topological polar surface area (TPSA) is 66.5 Å². The summed E-state index contributed by atoms with van der Waals surface area (Å²) >= 11 is 0. The van der Waals surface area contributed by atoms with Gasteiger partial charge in [0, 0.05) is 19.8 Å². The third-order valence-corrected chi connectivity index (χ3v) is 7.18. The fourth-order valence-electron chi connectivity index (χ4n) is 3.37. The highest BCUT2D eigenvalue weighted by Gasteiger charge is 2.60. The van der Waals surface area contributed by atoms with Crippen molar-refractivity contribution in [1.29, 1.82) is 0 Å². The quantitative estimate of drug-likeness (QED) is 0.794. The molecule has 1 N–H and O–H groups in total. The van der Waals surface area contributed by atoms with Crippen LogP contribution < -0.4 is 5.32 Å². The molecule has 0 bridgehead atoms. The number of carbonyl (C=O) groups is 1. The fourth-order valence-corrected chi connectivity index (χ4v) is 4.39. The third kappa shape index (κ3) is 3.71. The van der Waals surface area contributed by atoms with Gasteiger partial charge in [-0.05, 0) is 62.3 Å². The lowest BCUT2D eigenvalue weighted by atomic mass is 10.1. The third-order valence-electron chi connectivity index (χ3n) is 5.38. The smallest absolute Gasteiger partial charge is 0.242 e. The van der Waals surface area contributed by atoms with Gasteiger partial charge in [0.15, 0.2) is 0 Å². The number of hydrogen-bond acceptors (Lipinski definition) is 3. The Morgan fingerprint density at radius 3 is 2.27 bits per heavy atom. The lowest BCUT2D eigenvalue weighted by Crippen LogP contribution is -2.23. The van der Waals surface area contributed by atoms with Crippen molar-refractivity contribution in [2.75, 3.05) is 19.4 Å².